The fraction of sp³-hybridized carbons (Fsp3) is 0.375. The van der Waals surface area contributed by atoms with Gasteiger partial charge in [-0.2, -0.15) is 5.26 Å². The smallest absolute Gasteiger partial charge is 0.227 e. The second-order valence-electron chi connectivity index (χ2n) is 8.03. The van der Waals surface area contributed by atoms with E-state index in [1.54, 1.807) is 24.4 Å². The molecule has 0 aliphatic carbocycles. The summed E-state index contributed by atoms with van der Waals surface area (Å²) in [7, 11) is 0. The molecule has 3 aromatic rings. The van der Waals surface area contributed by atoms with E-state index in [1.165, 1.54) is 12.1 Å². The number of nitriles is 1. The molecule has 1 amide bonds. The van der Waals surface area contributed by atoms with Crippen LogP contribution in [0.3, 0.4) is 0 Å². The van der Waals surface area contributed by atoms with Crippen LogP contribution in [-0.4, -0.2) is 70.1 Å². The van der Waals surface area contributed by atoms with Gasteiger partial charge >= 0.3 is 0 Å². The fourth-order valence-electron chi connectivity index (χ4n) is 3.63. The summed E-state index contributed by atoms with van der Waals surface area (Å²) < 4.78 is 25.0. The number of carbonyl (C=O) groups excluding carboxylic acids is 1. The molecule has 4 rings (SSSR count). The number of ether oxygens (including phenoxy) is 2. The summed E-state index contributed by atoms with van der Waals surface area (Å²) in [4.78, 5) is 28.8. The summed E-state index contributed by atoms with van der Waals surface area (Å²) in [6, 6.07) is 9.68. The normalized spacial score (nSPS) is 17.4. The molecule has 0 saturated carbocycles. The molecule has 36 heavy (non-hydrogen) atoms. The lowest BCUT2D eigenvalue weighted by Crippen LogP contribution is -2.42. The third kappa shape index (κ3) is 6.39. The molecule has 0 bridgehead atoms. The largest absolute Gasteiger partial charge is 0.395 e. The van der Waals surface area contributed by atoms with Gasteiger partial charge in [-0.3, -0.25) is 4.79 Å². The predicted molar refractivity (Wildman–Crippen MR) is 127 cm³/mol. The van der Waals surface area contributed by atoms with Crippen molar-refractivity contribution >= 4 is 11.9 Å². The number of halogens is 1. The van der Waals surface area contributed by atoms with Gasteiger partial charge in [-0.15, -0.1) is 0 Å². The van der Waals surface area contributed by atoms with Crippen LogP contribution < -0.4 is 10.6 Å². The minimum absolute atomic E-state index is 0.0631. The number of hydrogen-bond donors (Lipinski definition) is 4. The standard InChI is InChI=1S/C24H26FN7O4/c25-17-4-2-15(3-5-17)21-22(18-6-9-28-24(30-18)29-10-11-33)32-19(31-21)12-20-35-13-16(14-36-20)23(34)27-8-1-7-26/h2-6,9,16,20,33H,1,8,10-14H2,(H,27,34)(H,31,32)(H,28,29,30). The van der Waals surface area contributed by atoms with Crippen LogP contribution in [0.5, 0.6) is 0 Å². The predicted octanol–water partition coefficient (Wildman–Crippen LogP) is 1.64. The van der Waals surface area contributed by atoms with E-state index in [0.717, 1.165) is 0 Å². The van der Waals surface area contributed by atoms with Crippen molar-refractivity contribution in [3.05, 3.63) is 48.2 Å². The maximum atomic E-state index is 13.5. The molecule has 0 radical (unpaired) electrons. The first-order valence-corrected chi connectivity index (χ1v) is 11.5. The number of aromatic amines is 1. The highest BCUT2D eigenvalue weighted by Gasteiger charge is 2.28. The number of nitrogens with one attached hydrogen (secondary N) is 3. The Hall–Kier alpha value is -3.92. The zero-order chi connectivity index (χ0) is 25.3. The summed E-state index contributed by atoms with van der Waals surface area (Å²) in [5.41, 5.74) is 2.43. The van der Waals surface area contributed by atoms with Gasteiger partial charge in [0.15, 0.2) is 6.29 Å². The maximum absolute atomic E-state index is 13.5. The summed E-state index contributed by atoms with van der Waals surface area (Å²) in [6.45, 7) is 0.903. The van der Waals surface area contributed by atoms with Gasteiger partial charge in [0.1, 0.15) is 11.6 Å². The van der Waals surface area contributed by atoms with Crippen molar-refractivity contribution in [2.24, 2.45) is 5.92 Å². The molecular formula is C24H26FN7O4. The number of hydrogen-bond acceptors (Lipinski definition) is 9. The number of imidazole rings is 1. The van der Waals surface area contributed by atoms with Crippen molar-refractivity contribution in [1.82, 2.24) is 25.3 Å². The van der Waals surface area contributed by atoms with E-state index in [1.807, 2.05) is 6.07 Å². The van der Waals surface area contributed by atoms with Crippen LogP contribution in [0.15, 0.2) is 36.5 Å². The monoisotopic (exact) mass is 495 g/mol. The van der Waals surface area contributed by atoms with Gasteiger partial charge in [0.25, 0.3) is 0 Å². The first kappa shape index (κ1) is 25.2. The second kappa shape index (κ2) is 12.2. The molecule has 4 N–H and O–H groups in total. The van der Waals surface area contributed by atoms with Gasteiger partial charge in [0.05, 0.1) is 61.7 Å². The van der Waals surface area contributed by atoms with E-state index in [-0.39, 0.29) is 50.9 Å². The summed E-state index contributed by atoms with van der Waals surface area (Å²) in [6.07, 6.45) is 1.51. The molecule has 2 aromatic heterocycles. The number of aliphatic hydroxyl groups is 1. The van der Waals surface area contributed by atoms with E-state index in [4.69, 9.17) is 24.8 Å². The van der Waals surface area contributed by atoms with E-state index in [2.05, 4.69) is 25.6 Å². The molecule has 1 fully saturated rings. The number of aliphatic hydroxyl groups excluding tert-OH is 1. The molecular weight excluding hydrogens is 469 g/mol. The number of H-pyrrole nitrogens is 1. The van der Waals surface area contributed by atoms with Crippen LogP contribution in [0.25, 0.3) is 22.6 Å². The lowest BCUT2D eigenvalue weighted by Gasteiger charge is -2.28. The topological polar surface area (TPSA) is 158 Å². The van der Waals surface area contributed by atoms with E-state index < -0.39 is 12.2 Å². The molecule has 3 heterocycles. The van der Waals surface area contributed by atoms with Crippen LogP contribution in [0.4, 0.5) is 10.3 Å². The van der Waals surface area contributed by atoms with Crippen molar-refractivity contribution in [3.63, 3.8) is 0 Å². The van der Waals surface area contributed by atoms with Crippen molar-refractivity contribution in [1.29, 1.82) is 5.26 Å². The van der Waals surface area contributed by atoms with Crippen molar-refractivity contribution < 1.29 is 23.8 Å². The van der Waals surface area contributed by atoms with Crippen LogP contribution in [-0.2, 0) is 20.7 Å². The zero-order valence-corrected chi connectivity index (χ0v) is 19.4. The molecule has 1 aliphatic rings. The van der Waals surface area contributed by atoms with E-state index >= 15 is 0 Å². The van der Waals surface area contributed by atoms with Gasteiger partial charge in [0.2, 0.25) is 11.9 Å². The van der Waals surface area contributed by atoms with Gasteiger partial charge in [-0.05, 0) is 30.3 Å². The molecule has 1 aliphatic heterocycles. The number of anilines is 1. The number of aromatic nitrogens is 4. The minimum Gasteiger partial charge on any atom is -0.395 e. The van der Waals surface area contributed by atoms with Crippen LogP contribution in [0, 0.1) is 23.1 Å². The number of nitrogens with zero attached hydrogens (tertiary/aromatic N) is 4. The second-order valence-corrected chi connectivity index (χ2v) is 8.03. The molecule has 0 atom stereocenters. The molecule has 0 unspecified atom stereocenters. The Morgan fingerprint density at radius 2 is 1.97 bits per heavy atom. The van der Waals surface area contributed by atoms with Crippen molar-refractivity contribution in [3.8, 4) is 28.7 Å². The molecule has 11 nitrogen and oxygen atoms in total. The number of benzene rings is 1. The molecule has 1 aromatic carbocycles. The third-order valence-corrected chi connectivity index (χ3v) is 5.41. The Morgan fingerprint density at radius 1 is 1.19 bits per heavy atom. The molecule has 188 valence electrons. The van der Waals surface area contributed by atoms with Crippen molar-refractivity contribution in [2.75, 3.05) is 38.2 Å². The lowest BCUT2D eigenvalue weighted by molar-refractivity contribution is -0.200. The fourth-order valence-corrected chi connectivity index (χ4v) is 3.63. The highest BCUT2D eigenvalue weighted by molar-refractivity contribution is 5.79. The summed E-state index contributed by atoms with van der Waals surface area (Å²) in [5, 5.41) is 23.3. The Morgan fingerprint density at radius 3 is 2.69 bits per heavy atom. The Labute approximate surface area is 206 Å². The maximum Gasteiger partial charge on any atom is 0.227 e. The highest BCUT2D eigenvalue weighted by Crippen LogP contribution is 2.30. The molecule has 1 saturated heterocycles. The van der Waals surface area contributed by atoms with E-state index in [0.29, 0.717) is 41.0 Å². The van der Waals surface area contributed by atoms with Crippen molar-refractivity contribution in [2.45, 2.75) is 19.1 Å². The number of carbonyl (C=O) groups is 1. The Balaban J connectivity index is 1.50. The molecule has 12 heteroatoms. The van der Waals surface area contributed by atoms with Gasteiger partial charge in [-0.1, -0.05) is 0 Å². The first-order valence-electron chi connectivity index (χ1n) is 11.5. The van der Waals surface area contributed by atoms with Crippen LogP contribution in [0.2, 0.25) is 0 Å². The highest BCUT2D eigenvalue weighted by atomic mass is 19.1. The Kier molecular flexibility index (Phi) is 8.51. The third-order valence-electron chi connectivity index (χ3n) is 5.41. The van der Waals surface area contributed by atoms with E-state index in [9.17, 15) is 9.18 Å². The van der Waals surface area contributed by atoms with Crippen LogP contribution >= 0.6 is 0 Å². The minimum atomic E-state index is -0.611. The van der Waals surface area contributed by atoms with Gasteiger partial charge < -0.3 is 30.2 Å². The summed E-state index contributed by atoms with van der Waals surface area (Å²) >= 11 is 0. The average molecular weight is 496 g/mol. The quantitative estimate of drug-likeness (QED) is 0.307. The SMILES string of the molecule is N#CCCNC(=O)C1COC(Cc2nc(-c3ccc(F)cc3)c(-c3ccnc(NCCO)n3)[nH]2)OC1. The van der Waals surface area contributed by atoms with Gasteiger partial charge in [0, 0.05) is 24.8 Å². The zero-order valence-electron chi connectivity index (χ0n) is 19.4. The lowest BCUT2D eigenvalue weighted by atomic mass is 10.1. The Bertz CT molecular complexity index is 1200. The number of amides is 1. The first-order chi connectivity index (χ1) is 17.6. The summed E-state index contributed by atoms with van der Waals surface area (Å²) in [5.74, 6) is -0.107. The van der Waals surface area contributed by atoms with Crippen LogP contribution in [0.1, 0.15) is 12.2 Å². The van der Waals surface area contributed by atoms with Gasteiger partial charge in [-0.25, -0.2) is 19.3 Å². The average Bonchev–Trinajstić information content (AvgIpc) is 3.32. The molecule has 0 spiro atoms. The number of rotatable bonds is 10.